The van der Waals surface area contributed by atoms with Crippen molar-refractivity contribution in [2.24, 2.45) is 0 Å². The molecule has 1 atom stereocenters. The molecule has 0 spiro atoms. The van der Waals surface area contributed by atoms with Crippen LogP contribution in [0.5, 0.6) is 0 Å². The summed E-state index contributed by atoms with van der Waals surface area (Å²) in [6.07, 6.45) is 1.13. The molecule has 1 aromatic carbocycles. The third-order valence-electron chi connectivity index (χ3n) is 4.07. The Hall–Kier alpha value is -2.81. The lowest BCUT2D eigenvalue weighted by Gasteiger charge is -2.24. The minimum atomic E-state index is -0.599. The van der Waals surface area contributed by atoms with E-state index in [1.165, 1.54) is 7.11 Å². The van der Waals surface area contributed by atoms with Crippen molar-refractivity contribution in [3.8, 4) is 0 Å². The van der Waals surface area contributed by atoms with Crippen LogP contribution < -0.4 is 16.0 Å². The second-order valence-corrected chi connectivity index (χ2v) is 8.03. The molecular weight excluding hydrogens is 402 g/mol. The molecule has 0 aliphatic rings. The number of hydrogen-bond donors (Lipinski definition) is 3. The van der Waals surface area contributed by atoms with Gasteiger partial charge in [-0.15, -0.1) is 0 Å². The molecule has 0 saturated carbocycles. The van der Waals surface area contributed by atoms with Gasteiger partial charge in [0, 0.05) is 19.1 Å². The standard InChI is InChI=1S/C22H35N3O6/c1-22(2,3)31-21(28)25-18(14-23-15-19(26)29-4)12-8-9-13-24-20(27)30-16-17-10-6-5-7-11-17/h5-7,10-11,18,23H,8-9,12-16H2,1-4H3,(H,24,27)(H,25,28)/t18-/m1/s1. The van der Waals surface area contributed by atoms with Crippen molar-refractivity contribution < 1.29 is 28.6 Å². The van der Waals surface area contributed by atoms with Gasteiger partial charge in [0.2, 0.25) is 0 Å². The van der Waals surface area contributed by atoms with Crippen molar-refractivity contribution in [2.45, 2.75) is 58.3 Å². The van der Waals surface area contributed by atoms with Crippen molar-refractivity contribution >= 4 is 18.2 Å². The van der Waals surface area contributed by atoms with Crippen LogP contribution in [0, 0.1) is 0 Å². The van der Waals surface area contributed by atoms with E-state index in [0.717, 1.165) is 12.0 Å². The number of alkyl carbamates (subject to hydrolysis) is 2. The molecule has 0 saturated heterocycles. The summed E-state index contributed by atoms with van der Waals surface area (Å²) in [6, 6.07) is 9.22. The van der Waals surface area contributed by atoms with Crippen LogP contribution in [-0.2, 0) is 25.6 Å². The summed E-state index contributed by atoms with van der Waals surface area (Å²) in [4.78, 5) is 35.1. The van der Waals surface area contributed by atoms with Gasteiger partial charge in [0.1, 0.15) is 12.2 Å². The lowest BCUT2D eigenvalue weighted by Crippen LogP contribution is -2.45. The molecule has 3 N–H and O–H groups in total. The molecule has 9 heteroatoms. The van der Waals surface area contributed by atoms with Crippen molar-refractivity contribution in [3.05, 3.63) is 35.9 Å². The number of carbonyl (C=O) groups excluding carboxylic acids is 3. The highest BCUT2D eigenvalue weighted by atomic mass is 16.6. The maximum Gasteiger partial charge on any atom is 0.407 e. The third kappa shape index (κ3) is 13.9. The molecule has 31 heavy (non-hydrogen) atoms. The van der Waals surface area contributed by atoms with Gasteiger partial charge in [-0.25, -0.2) is 9.59 Å². The van der Waals surface area contributed by atoms with E-state index in [9.17, 15) is 14.4 Å². The van der Waals surface area contributed by atoms with Gasteiger partial charge in [-0.3, -0.25) is 4.79 Å². The van der Waals surface area contributed by atoms with Crippen LogP contribution in [0.25, 0.3) is 0 Å². The van der Waals surface area contributed by atoms with Gasteiger partial charge >= 0.3 is 18.2 Å². The first-order chi connectivity index (χ1) is 14.7. The number of benzene rings is 1. The van der Waals surface area contributed by atoms with E-state index in [1.807, 2.05) is 30.3 Å². The number of nitrogens with one attached hydrogen (secondary N) is 3. The fraction of sp³-hybridized carbons (Fsp3) is 0.591. The number of unbranched alkanes of at least 4 members (excludes halogenated alkanes) is 1. The van der Waals surface area contributed by atoms with Crippen LogP contribution in [0.2, 0.25) is 0 Å². The van der Waals surface area contributed by atoms with Gasteiger partial charge in [0.25, 0.3) is 0 Å². The molecule has 0 unspecified atom stereocenters. The Balaban J connectivity index is 2.31. The fourth-order valence-electron chi connectivity index (χ4n) is 2.60. The molecular formula is C22H35N3O6. The average molecular weight is 438 g/mol. The van der Waals surface area contributed by atoms with Crippen molar-refractivity contribution in [1.29, 1.82) is 0 Å². The van der Waals surface area contributed by atoms with Gasteiger partial charge in [-0.2, -0.15) is 0 Å². The highest BCUT2D eigenvalue weighted by molar-refractivity contribution is 5.71. The highest BCUT2D eigenvalue weighted by Gasteiger charge is 2.19. The molecule has 0 aromatic heterocycles. The maximum absolute atomic E-state index is 12.1. The second-order valence-electron chi connectivity index (χ2n) is 8.03. The van der Waals surface area contributed by atoms with Crippen molar-refractivity contribution in [1.82, 2.24) is 16.0 Å². The zero-order valence-corrected chi connectivity index (χ0v) is 18.9. The summed E-state index contributed by atoms with van der Waals surface area (Å²) < 4.78 is 15.1. The molecule has 1 rings (SSSR count). The Labute approximate surface area is 184 Å². The minimum Gasteiger partial charge on any atom is -0.468 e. The Bertz CT molecular complexity index is 676. The number of rotatable bonds is 12. The molecule has 9 nitrogen and oxygen atoms in total. The van der Waals surface area contributed by atoms with Gasteiger partial charge in [0.15, 0.2) is 0 Å². The highest BCUT2D eigenvalue weighted by Crippen LogP contribution is 2.08. The molecule has 0 fully saturated rings. The summed E-state index contributed by atoms with van der Waals surface area (Å²) in [6.45, 7) is 6.50. The molecule has 0 aliphatic carbocycles. The molecule has 2 amide bonds. The second kappa shape index (κ2) is 14.2. The maximum atomic E-state index is 12.1. The van der Waals surface area contributed by atoms with Crippen LogP contribution in [0.1, 0.15) is 45.6 Å². The van der Waals surface area contributed by atoms with E-state index in [0.29, 0.717) is 25.9 Å². The largest absolute Gasteiger partial charge is 0.468 e. The van der Waals surface area contributed by atoms with Gasteiger partial charge < -0.3 is 30.2 Å². The van der Waals surface area contributed by atoms with E-state index in [-0.39, 0.29) is 25.2 Å². The molecule has 1 aromatic rings. The summed E-state index contributed by atoms with van der Waals surface area (Å²) in [7, 11) is 1.32. The number of hydrogen-bond acceptors (Lipinski definition) is 7. The number of amides is 2. The van der Waals surface area contributed by atoms with E-state index < -0.39 is 17.8 Å². The smallest absolute Gasteiger partial charge is 0.407 e. The van der Waals surface area contributed by atoms with E-state index >= 15 is 0 Å². The van der Waals surface area contributed by atoms with Crippen LogP contribution >= 0.6 is 0 Å². The number of esters is 1. The van der Waals surface area contributed by atoms with E-state index in [1.54, 1.807) is 20.8 Å². The van der Waals surface area contributed by atoms with Crippen LogP contribution in [-0.4, -0.2) is 56.5 Å². The van der Waals surface area contributed by atoms with Crippen LogP contribution in [0.3, 0.4) is 0 Å². The normalized spacial score (nSPS) is 11.9. The Morgan fingerprint density at radius 3 is 2.39 bits per heavy atom. The van der Waals surface area contributed by atoms with Crippen molar-refractivity contribution in [2.75, 3.05) is 26.7 Å². The van der Waals surface area contributed by atoms with Crippen LogP contribution in [0.4, 0.5) is 9.59 Å². The van der Waals surface area contributed by atoms with Gasteiger partial charge in [-0.1, -0.05) is 30.3 Å². The zero-order chi connectivity index (χ0) is 23.1. The Morgan fingerprint density at radius 2 is 1.74 bits per heavy atom. The molecule has 174 valence electrons. The fourth-order valence-corrected chi connectivity index (χ4v) is 2.60. The zero-order valence-electron chi connectivity index (χ0n) is 18.9. The summed E-state index contributed by atoms with van der Waals surface area (Å²) in [5, 5.41) is 8.49. The van der Waals surface area contributed by atoms with Gasteiger partial charge in [0.05, 0.1) is 13.7 Å². The van der Waals surface area contributed by atoms with E-state index in [2.05, 4.69) is 20.7 Å². The molecule has 0 aliphatic heterocycles. The predicted molar refractivity (Wildman–Crippen MR) is 117 cm³/mol. The lowest BCUT2D eigenvalue weighted by molar-refractivity contribution is -0.139. The monoisotopic (exact) mass is 437 g/mol. The Kier molecular flexibility index (Phi) is 12.0. The third-order valence-corrected chi connectivity index (χ3v) is 4.07. The molecule has 0 radical (unpaired) electrons. The Morgan fingerprint density at radius 1 is 1.03 bits per heavy atom. The summed E-state index contributed by atoms with van der Waals surface area (Å²) >= 11 is 0. The first-order valence-corrected chi connectivity index (χ1v) is 10.4. The number of ether oxygens (including phenoxy) is 3. The number of carbonyl (C=O) groups is 3. The van der Waals surface area contributed by atoms with Gasteiger partial charge in [-0.05, 0) is 45.6 Å². The molecule has 0 bridgehead atoms. The first kappa shape index (κ1) is 26.2. The topological polar surface area (TPSA) is 115 Å². The molecule has 0 heterocycles. The van der Waals surface area contributed by atoms with Crippen molar-refractivity contribution in [3.63, 3.8) is 0 Å². The first-order valence-electron chi connectivity index (χ1n) is 10.4. The van der Waals surface area contributed by atoms with E-state index in [4.69, 9.17) is 9.47 Å². The summed E-state index contributed by atoms with van der Waals surface area (Å²) in [5.74, 6) is -0.380. The quantitative estimate of drug-likeness (QED) is 0.262. The lowest BCUT2D eigenvalue weighted by atomic mass is 10.1. The summed E-state index contributed by atoms with van der Waals surface area (Å²) in [5.41, 5.74) is 0.325. The number of methoxy groups -OCH3 is 1. The van der Waals surface area contributed by atoms with Crippen LogP contribution in [0.15, 0.2) is 30.3 Å². The minimum absolute atomic E-state index is 0.0534. The SMILES string of the molecule is COC(=O)CNC[C@@H](CCCCNC(=O)OCc1ccccc1)NC(=O)OC(C)(C)C. The predicted octanol–water partition coefficient (Wildman–Crippen LogP) is 2.74. The average Bonchev–Trinajstić information content (AvgIpc) is 2.71.